The van der Waals surface area contributed by atoms with E-state index in [1.54, 1.807) is 16.2 Å². The van der Waals surface area contributed by atoms with E-state index in [1.807, 2.05) is 30.5 Å². The molecule has 8 heteroatoms. The lowest BCUT2D eigenvalue weighted by Crippen LogP contribution is -2.40. The van der Waals surface area contributed by atoms with E-state index in [0.29, 0.717) is 29.0 Å². The zero-order valence-corrected chi connectivity index (χ0v) is 15.8. The van der Waals surface area contributed by atoms with Crippen molar-refractivity contribution in [3.63, 3.8) is 0 Å². The van der Waals surface area contributed by atoms with Gasteiger partial charge in [0.05, 0.1) is 5.69 Å². The topological polar surface area (TPSA) is 83.6 Å². The Morgan fingerprint density at radius 2 is 2.15 bits per heavy atom. The zero-order valence-electron chi connectivity index (χ0n) is 14.9. The highest BCUT2D eigenvalue weighted by Gasteiger charge is 2.25. The van der Waals surface area contributed by atoms with Crippen LogP contribution in [0.4, 0.5) is 10.8 Å². The van der Waals surface area contributed by atoms with Gasteiger partial charge in [0, 0.05) is 24.0 Å². The normalized spacial score (nSPS) is 17.3. The second-order valence-electron chi connectivity index (χ2n) is 6.69. The number of rotatable bonds is 5. The lowest BCUT2D eigenvalue weighted by molar-refractivity contribution is -0.121. The zero-order chi connectivity index (χ0) is 18.6. The number of carbonyl (C=O) groups is 2. The molecule has 2 aliphatic heterocycles. The molecule has 4 rings (SSSR count). The quantitative estimate of drug-likeness (QED) is 0.824. The number of aromatic nitrogens is 1. The van der Waals surface area contributed by atoms with E-state index in [-0.39, 0.29) is 24.8 Å². The summed E-state index contributed by atoms with van der Waals surface area (Å²) in [5.41, 5.74) is 0.712. The summed E-state index contributed by atoms with van der Waals surface area (Å²) >= 11 is 1.55. The fourth-order valence-corrected chi connectivity index (χ4v) is 4.44. The minimum Gasteiger partial charge on any atom is -0.482 e. The van der Waals surface area contributed by atoms with Gasteiger partial charge in [-0.2, -0.15) is 0 Å². The number of thiazole rings is 1. The first kappa shape index (κ1) is 17.9. The predicted octanol–water partition coefficient (Wildman–Crippen LogP) is 2.36. The van der Waals surface area contributed by atoms with Gasteiger partial charge in [-0.15, -0.1) is 11.3 Å². The number of amides is 2. The van der Waals surface area contributed by atoms with Crippen molar-refractivity contribution in [2.45, 2.75) is 25.2 Å². The lowest BCUT2D eigenvalue weighted by atomic mass is 9.97. The molecule has 0 bridgehead atoms. The van der Waals surface area contributed by atoms with Crippen molar-refractivity contribution in [2.24, 2.45) is 0 Å². The second kappa shape index (κ2) is 8.06. The lowest BCUT2D eigenvalue weighted by Gasteiger charge is -2.29. The van der Waals surface area contributed by atoms with E-state index >= 15 is 0 Å². The minimum atomic E-state index is -0.141. The molecule has 2 aliphatic rings. The van der Waals surface area contributed by atoms with Gasteiger partial charge in [0.1, 0.15) is 5.75 Å². The maximum atomic E-state index is 12.3. The number of piperidine rings is 1. The summed E-state index contributed by atoms with van der Waals surface area (Å²) in [6.45, 7) is 2.38. The molecule has 0 radical (unpaired) electrons. The van der Waals surface area contributed by atoms with Crippen LogP contribution < -0.4 is 20.3 Å². The smallest absolute Gasteiger partial charge is 0.265 e. The van der Waals surface area contributed by atoms with Crippen molar-refractivity contribution in [2.75, 3.05) is 36.5 Å². The van der Waals surface area contributed by atoms with Gasteiger partial charge in [0.15, 0.2) is 11.7 Å². The molecular formula is C19H22N4O3S. The van der Waals surface area contributed by atoms with E-state index in [0.717, 1.165) is 25.9 Å². The van der Waals surface area contributed by atoms with Crippen molar-refractivity contribution in [1.29, 1.82) is 0 Å². The van der Waals surface area contributed by atoms with Gasteiger partial charge in [-0.25, -0.2) is 4.98 Å². The highest BCUT2D eigenvalue weighted by atomic mass is 32.1. The summed E-state index contributed by atoms with van der Waals surface area (Å²) in [5, 5.41) is 6.85. The van der Waals surface area contributed by atoms with Gasteiger partial charge >= 0.3 is 0 Å². The highest BCUT2D eigenvalue weighted by Crippen LogP contribution is 2.33. The molecule has 1 aromatic heterocycles. The number of fused-ring (bicyclic) bond motifs is 1. The van der Waals surface area contributed by atoms with Crippen LogP contribution >= 0.6 is 11.3 Å². The van der Waals surface area contributed by atoms with Crippen LogP contribution in [-0.2, 0) is 9.59 Å². The summed E-state index contributed by atoms with van der Waals surface area (Å²) < 4.78 is 5.42. The van der Waals surface area contributed by atoms with Gasteiger partial charge < -0.3 is 20.3 Å². The van der Waals surface area contributed by atoms with Crippen LogP contribution in [0.5, 0.6) is 5.75 Å². The molecule has 0 spiro atoms. The van der Waals surface area contributed by atoms with Crippen LogP contribution in [-0.4, -0.2) is 43.0 Å². The maximum absolute atomic E-state index is 12.3. The van der Waals surface area contributed by atoms with Gasteiger partial charge in [-0.1, -0.05) is 12.1 Å². The number of nitrogens with one attached hydrogen (secondary N) is 2. The molecule has 1 saturated heterocycles. The predicted molar refractivity (Wildman–Crippen MR) is 104 cm³/mol. The van der Waals surface area contributed by atoms with Gasteiger partial charge in [-0.3, -0.25) is 9.59 Å². The maximum Gasteiger partial charge on any atom is 0.265 e. The van der Waals surface area contributed by atoms with Crippen LogP contribution in [0.1, 0.15) is 30.1 Å². The van der Waals surface area contributed by atoms with E-state index in [1.165, 1.54) is 4.88 Å². The molecule has 2 N–H and O–H groups in total. The Kier molecular flexibility index (Phi) is 5.35. The Morgan fingerprint density at radius 1 is 1.33 bits per heavy atom. The molecule has 1 fully saturated rings. The first-order chi connectivity index (χ1) is 13.2. The molecule has 2 aromatic rings. The minimum absolute atomic E-state index is 0.00468. The van der Waals surface area contributed by atoms with Crippen LogP contribution in [0, 0.1) is 0 Å². The van der Waals surface area contributed by atoms with Crippen molar-refractivity contribution in [1.82, 2.24) is 10.3 Å². The van der Waals surface area contributed by atoms with E-state index in [9.17, 15) is 9.59 Å². The van der Waals surface area contributed by atoms with Crippen LogP contribution in [0.15, 0.2) is 30.5 Å². The van der Waals surface area contributed by atoms with E-state index < -0.39 is 0 Å². The Bertz CT molecular complexity index is 832. The summed E-state index contributed by atoms with van der Waals surface area (Å²) in [6.07, 6.45) is 4.29. The molecule has 3 heterocycles. The van der Waals surface area contributed by atoms with Gasteiger partial charge in [0.25, 0.3) is 5.91 Å². The van der Waals surface area contributed by atoms with Crippen molar-refractivity contribution in [3.05, 3.63) is 35.3 Å². The second-order valence-corrected chi connectivity index (χ2v) is 7.75. The van der Waals surface area contributed by atoms with Crippen molar-refractivity contribution in [3.8, 4) is 5.75 Å². The Balaban J connectivity index is 1.34. The molecule has 0 unspecified atom stereocenters. The van der Waals surface area contributed by atoms with E-state index in [4.69, 9.17) is 4.74 Å². The number of nitrogens with zero attached hydrogens (tertiary/aromatic N) is 2. The standard InChI is InChI=1S/C19H22N4O3S/c24-17(22-19-21-11-16(27-19)13-5-8-20-9-6-13)7-10-23-14-3-1-2-4-15(14)26-12-18(23)25/h1-4,11,13,20H,5-10,12H2,(H,21,22,24). The van der Waals surface area contributed by atoms with Gasteiger partial charge in [0.2, 0.25) is 5.91 Å². The third-order valence-electron chi connectivity index (χ3n) is 4.88. The molecule has 142 valence electrons. The average Bonchev–Trinajstić information content (AvgIpc) is 3.16. The largest absolute Gasteiger partial charge is 0.482 e. The number of benzene rings is 1. The number of hydrogen-bond acceptors (Lipinski definition) is 6. The first-order valence-corrected chi connectivity index (χ1v) is 10.0. The third-order valence-corrected chi connectivity index (χ3v) is 5.96. The monoisotopic (exact) mass is 386 g/mol. The fourth-order valence-electron chi connectivity index (χ4n) is 3.43. The number of ether oxygens (including phenoxy) is 1. The number of hydrogen-bond donors (Lipinski definition) is 2. The fraction of sp³-hybridized carbons (Fsp3) is 0.421. The molecule has 0 aliphatic carbocycles. The van der Waals surface area contributed by atoms with Crippen molar-refractivity contribution >= 4 is 34.0 Å². The number of para-hydroxylation sites is 2. The Morgan fingerprint density at radius 3 is 3.00 bits per heavy atom. The molecule has 7 nitrogen and oxygen atoms in total. The molecule has 27 heavy (non-hydrogen) atoms. The Labute approximate surface area is 161 Å². The first-order valence-electron chi connectivity index (χ1n) is 9.19. The summed E-state index contributed by atoms with van der Waals surface area (Å²) in [5.74, 6) is 0.919. The average molecular weight is 386 g/mol. The molecule has 2 amide bonds. The highest BCUT2D eigenvalue weighted by molar-refractivity contribution is 7.15. The third kappa shape index (κ3) is 4.12. The summed E-state index contributed by atoms with van der Waals surface area (Å²) in [6, 6.07) is 7.37. The van der Waals surface area contributed by atoms with Gasteiger partial charge in [-0.05, 0) is 44.0 Å². The number of anilines is 2. The SMILES string of the molecule is O=C(CCN1C(=O)COc2ccccc21)Nc1ncc(C2CCNCC2)s1. The summed E-state index contributed by atoms with van der Waals surface area (Å²) in [7, 11) is 0. The van der Waals surface area contributed by atoms with Crippen LogP contribution in [0.25, 0.3) is 0 Å². The van der Waals surface area contributed by atoms with E-state index in [2.05, 4.69) is 15.6 Å². The van der Waals surface area contributed by atoms with Crippen LogP contribution in [0.2, 0.25) is 0 Å². The molecule has 0 saturated carbocycles. The van der Waals surface area contributed by atoms with Crippen molar-refractivity contribution < 1.29 is 14.3 Å². The van der Waals surface area contributed by atoms with Crippen LogP contribution in [0.3, 0.4) is 0 Å². The molecular weight excluding hydrogens is 364 g/mol. The molecule has 1 aromatic carbocycles. The summed E-state index contributed by atoms with van der Waals surface area (Å²) in [4.78, 5) is 31.7. The molecule has 0 atom stereocenters. The number of carbonyl (C=O) groups excluding carboxylic acids is 2. The Hall–Kier alpha value is -2.45.